The second kappa shape index (κ2) is 4.94. The lowest BCUT2D eigenvalue weighted by Gasteiger charge is -2.34. The Balaban J connectivity index is 1.84. The first-order chi connectivity index (χ1) is 7.25. The zero-order valence-corrected chi connectivity index (χ0v) is 9.11. The Morgan fingerprint density at radius 3 is 2.67 bits per heavy atom. The van der Waals surface area contributed by atoms with Gasteiger partial charge in [-0.1, -0.05) is 0 Å². The van der Waals surface area contributed by atoms with Gasteiger partial charge in [0, 0.05) is 32.1 Å². The molecule has 4 heteroatoms. The molecule has 2 rings (SSSR count). The van der Waals surface area contributed by atoms with E-state index in [1.54, 1.807) is 0 Å². The first kappa shape index (κ1) is 10.9. The standard InChI is InChI=1S/C11H20N2O2/c14-10-3-1-9(2-4-10)13-7-5-11(15)12-6-8-13/h9-10,14H,1-8H2,(H,12,15). The van der Waals surface area contributed by atoms with E-state index in [-0.39, 0.29) is 12.0 Å². The molecule has 2 fully saturated rings. The zero-order valence-electron chi connectivity index (χ0n) is 9.11. The molecule has 1 amide bonds. The molecular formula is C11H20N2O2. The molecule has 1 heterocycles. The number of aliphatic hydroxyl groups is 1. The first-order valence-electron chi connectivity index (χ1n) is 5.94. The van der Waals surface area contributed by atoms with Gasteiger partial charge in [-0.15, -0.1) is 0 Å². The summed E-state index contributed by atoms with van der Waals surface area (Å²) in [6.45, 7) is 2.62. The van der Waals surface area contributed by atoms with Gasteiger partial charge < -0.3 is 10.4 Å². The maximum atomic E-state index is 11.2. The second-order valence-electron chi connectivity index (χ2n) is 4.60. The molecule has 2 N–H and O–H groups in total. The number of rotatable bonds is 1. The minimum Gasteiger partial charge on any atom is -0.393 e. The quantitative estimate of drug-likeness (QED) is 0.649. The van der Waals surface area contributed by atoms with Gasteiger partial charge in [-0.25, -0.2) is 0 Å². The van der Waals surface area contributed by atoms with Gasteiger partial charge in [-0.05, 0) is 25.7 Å². The second-order valence-corrected chi connectivity index (χ2v) is 4.60. The van der Waals surface area contributed by atoms with Crippen molar-refractivity contribution in [3.8, 4) is 0 Å². The van der Waals surface area contributed by atoms with E-state index >= 15 is 0 Å². The number of nitrogens with zero attached hydrogens (tertiary/aromatic N) is 1. The van der Waals surface area contributed by atoms with Crippen molar-refractivity contribution in [2.24, 2.45) is 0 Å². The fraction of sp³-hybridized carbons (Fsp3) is 0.909. The highest BCUT2D eigenvalue weighted by molar-refractivity contribution is 5.76. The zero-order chi connectivity index (χ0) is 10.7. The van der Waals surface area contributed by atoms with Crippen LogP contribution in [0.15, 0.2) is 0 Å². The van der Waals surface area contributed by atoms with Gasteiger partial charge in [0.2, 0.25) is 5.91 Å². The van der Waals surface area contributed by atoms with Crippen LogP contribution in [0.3, 0.4) is 0 Å². The monoisotopic (exact) mass is 212 g/mol. The Labute approximate surface area is 90.6 Å². The third-order valence-electron chi connectivity index (χ3n) is 3.53. The lowest BCUT2D eigenvalue weighted by atomic mass is 9.92. The van der Waals surface area contributed by atoms with E-state index in [1.165, 1.54) is 0 Å². The van der Waals surface area contributed by atoms with Crippen molar-refractivity contribution in [3.63, 3.8) is 0 Å². The molecule has 1 aliphatic carbocycles. The van der Waals surface area contributed by atoms with Crippen LogP contribution in [0.5, 0.6) is 0 Å². The van der Waals surface area contributed by atoms with Gasteiger partial charge in [0.1, 0.15) is 0 Å². The highest BCUT2D eigenvalue weighted by Crippen LogP contribution is 2.23. The molecule has 0 radical (unpaired) electrons. The van der Waals surface area contributed by atoms with Crippen molar-refractivity contribution in [2.45, 2.75) is 44.2 Å². The third kappa shape index (κ3) is 2.92. The molecule has 0 aromatic rings. The molecule has 1 saturated carbocycles. The summed E-state index contributed by atoms with van der Waals surface area (Å²) in [5.41, 5.74) is 0. The summed E-state index contributed by atoms with van der Waals surface area (Å²) in [6.07, 6.45) is 4.53. The molecule has 0 unspecified atom stereocenters. The number of hydrogen-bond acceptors (Lipinski definition) is 3. The molecule has 0 bridgehead atoms. The van der Waals surface area contributed by atoms with Crippen LogP contribution in [0.1, 0.15) is 32.1 Å². The summed E-state index contributed by atoms with van der Waals surface area (Å²) in [6, 6.07) is 0.584. The summed E-state index contributed by atoms with van der Waals surface area (Å²) in [4.78, 5) is 13.6. The summed E-state index contributed by atoms with van der Waals surface area (Å²) in [5.74, 6) is 0.174. The van der Waals surface area contributed by atoms with Crippen LogP contribution in [-0.4, -0.2) is 47.7 Å². The van der Waals surface area contributed by atoms with Crippen molar-refractivity contribution in [1.82, 2.24) is 10.2 Å². The number of carbonyl (C=O) groups excluding carboxylic acids is 1. The molecule has 0 spiro atoms. The van der Waals surface area contributed by atoms with Gasteiger partial charge >= 0.3 is 0 Å². The Hall–Kier alpha value is -0.610. The van der Waals surface area contributed by atoms with Crippen LogP contribution < -0.4 is 5.32 Å². The van der Waals surface area contributed by atoms with Crippen molar-refractivity contribution < 1.29 is 9.90 Å². The average molecular weight is 212 g/mol. The van der Waals surface area contributed by atoms with Crippen molar-refractivity contribution >= 4 is 5.91 Å². The van der Waals surface area contributed by atoms with E-state index in [4.69, 9.17) is 0 Å². The smallest absolute Gasteiger partial charge is 0.221 e. The topological polar surface area (TPSA) is 52.6 Å². The summed E-state index contributed by atoms with van der Waals surface area (Å²) < 4.78 is 0. The molecule has 15 heavy (non-hydrogen) atoms. The van der Waals surface area contributed by atoms with Gasteiger partial charge in [0.15, 0.2) is 0 Å². The fourth-order valence-electron chi connectivity index (χ4n) is 2.57. The minimum atomic E-state index is -0.0898. The van der Waals surface area contributed by atoms with Crippen molar-refractivity contribution in [2.75, 3.05) is 19.6 Å². The number of aliphatic hydroxyl groups excluding tert-OH is 1. The largest absolute Gasteiger partial charge is 0.393 e. The van der Waals surface area contributed by atoms with Crippen LogP contribution >= 0.6 is 0 Å². The van der Waals surface area contributed by atoms with Gasteiger partial charge in [0.05, 0.1) is 6.10 Å². The SMILES string of the molecule is O=C1CCN(C2CCC(O)CC2)CCN1. The maximum Gasteiger partial charge on any atom is 0.221 e. The van der Waals surface area contributed by atoms with Crippen LogP contribution in [0.2, 0.25) is 0 Å². The molecular weight excluding hydrogens is 192 g/mol. The highest BCUT2D eigenvalue weighted by Gasteiger charge is 2.26. The molecule has 2 aliphatic rings. The normalized spacial score (nSPS) is 34.6. The first-order valence-corrected chi connectivity index (χ1v) is 5.94. The van der Waals surface area contributed by atoms with Crippen molar-refractivity contribution in [3.05, 3.63) is 0 Å². The summed E-state index contributed by atoms with van der Waals surface area (Å²) in [5, 5.41) is 12.3. The Kier molecular flexibility index (Phi) is 3.59. The van der Waals surface area contributed by atoms with E-state index in [1.807, 2.05) is 0 Å². The van der Waals surface area contributed by atoms with Crippen LogP contribution in [0.4, 0.5) is 0 Å². The molecule has 1 saturated heterocycles. The predicted molar refractivity (Wildman–Crippen MR) is 57.5 cm³/mol. The molecule has 0 atom stereocenters. The minimum absolute atomic E-state index is 0.0898. The third-order valence-corrected chi connectivity index (χ3v) is 3.53. The molecule has 1 aliphatic heterocycles. The van der Waals surface area contributed by atoms with Crippen LogP contribution in [-0.2, 0) is 4.79 Å². The average Bonchev–Trinajstić information content (AvgIpc) is 2.44. The molecule has 0 aromatic heterocycles. The van der Waals surface area contributed by atoms with E-state index in [9.17, 15) is 9.90 Å². The Morgan fingerprint density at radius 2 is 1.93 bits per heavy atom. The van der Waals surface area contributed by atoms with E-state index in [0.29, 0.717) is 12.5 Å². The Morgan fingerprint density at radius 1 is 1.20 bits per heavy atom. The van der Waals surface area contributed by atoms with Gasteiger partial charge in [0.25, 0.3) is 0 Å². The van der Waals surface area contributed by atoms with Gasteiger partial charge in [-0.2, -0.15) is 0 Å². The van der Waals surface area contributed by atoms with E-state index in [2.05, 4.69) is 10.2 Å². The van der Waals surface area contributed by atoms with Crippen molar-refractivity contribution in [1.29, 1.82) is 0 Å². The number of carbonyl (C=O) groups is 1. The lowest BCUT2D eigenvalue weighted by molar-refractivity contribution is -0.120. The molecule has 4 nitrogen and oxygen atoms in total. The summed E-state index contributed by atoms with van der Waals surface area (Å²) in [7, 11) is 0. The molecule has 0 aromatic carbocycles. The predicted octanol–water partition coefficient (Wildman–Crippen LogP) is 0.112. The lowest BCUT2D eigenvalue weighted by Crippen LogP contribution is -2.40. The number of hydrogen-bond donors (Lipinski definition) is 2. The highest BCUT2D eigenvalue weighted by atomic mass is 16.3. The number of amides is 1. The number of nitrogens with one attached hydrogen (secondary N) is 1. The van der Waals surface area contributed by atoms with Crippen LogP contribution in [0.25, 0.3) is 0 Å². The van der Waals surface area contributed by atoms with E-state index < -0.39 is 0 Å². The molecule has 86 valence electrons. The Bertz CT molecular complexity index is 225. The fourth-order valence-corrected chi connectivity index (χ4v) is 2.57. The maximum absolute atomic E-state index is 11.2. The summed E-state index contributed by atoms with van der Waals surface area (Å²) >= 11 is 0. The van der Waals surface area contributed by atoms with Gasteiger partial charge in [-0.3, -0.25) is 9.69 Å². The van der Waals surface area contributed by atoms with Crippen LogP contribution in [0, 0.1) is 0 Å². The van der Waals surface area contributed by atoms with E-state index in [0.717, 1.165) is 45.3 Å².